The van der Waals surface area contributed by atoms with E-state index in [2.05, 4.69) is 26.4 Å². The topological polar surface area (TPSA) is 25.5 Å². The minimum atomic E-state index is 0.279. The molecule has 0 saturated carbocycles. The molecule has 3 nitrogen and oxygen atoms in total. The molecule has 0 aliphatic carbocycles. The van der Waals surface area contributed by atoms with E-state index in [0.29, 0.717) is 15.5 Å². The van der Waals surface area contributed by atoms with Crippen molar-refractivity contribution >= 4 is 23.1 Å². The van der Waals surface area contributed by atoms with Crippen molar-refractivity contribution in [1.29, 1.82) is 0 Å². The number of nitrogens with two attached hydrogens (primary N) is 1. The van der Waals surface area contributed by atoms with E-state index < -0.39 is 0 Å². The van der Waals surface area contributed by atoms with Crippen molar-refractivity contribution < 1.29 is 14.7 Å². The number of nitrogens with one attached hydrogen (secondary N) is 2. The molecule has 9 heavy (non-hydrogen) atoms. The van der Waals surface area contributed by atoms with Gasteiger partial charge in [0.05, 0.1) is 0 Å². The van der Waals surface area contributed by atoms with Crippen LogP contribution in [-0.4, -0.2) is 44.2 Å². The van der Waals surface area contributed by atoms with Gasteiger partial charge in [-0.05, 0) is 14.1 Å². The molecule has 2 unspecified atom stereocenters. The van der Waals surface area contributed by atoms with Crippen LogP contribution >= 0.6 is 0 Å². The van der Waals surface area contributed by atoms with Crippen LogP contribution in [0, 0.1) is 0 Å². The number of hydrogen-bond acceptors (Lipinski definition) is 0. The standard InChI is InChI=1S/C3H20B3N3/c1-7-5-9(3)6-8(2)4/h8-9H,5-7H2,1-4H3. The second-order valence-corrected chi connectivity index (χ2v) is 3.12. The average molecular weight is 131 g/mol. The monoisotopic (exact) mass is 131 g/mol. The summed E-state index contributed by atoms with van der Waals surface area (Å²) in [5, 5.41) is 2.39. The van der Waals surface area contributed by atoms with Gasteiger partial charge in [-0.3, -0.25) is 0 Å². The molecule has 0 aliphatic heterocycles. The molecule has 0 aromatic heterocycles. The van der Waals surface area contributed by atoms with Gasteiger partial charge in [0.15, 0.2) is 0 Å². The largest absolute Gasteiger partial charge is 0.694 e. The second kappa shape index (κ2) is 4.91. The van der Waals surface area contributed by atoms with Gasteiger partial charge in [0, 0.05) is 7.05 Å². The lowest BCUT2D eigenvalue weighted by molar-refractivity contribution is -0.779. The average Bonchev–Trinajstić information content (AvgIpc) is 1.63. The van der Waals surface area contributed by atoms with E-state index in [1.54, 1.807) is 0 Å². The van der Waals surface area contributed by atoms with E-state index >= 15 is 0 Å². The molecule has 0 saturated heterocycles. The fourth-order valence-corrected chi connectivity index (χ4v) is 1.22. The van der Waals surface area contributed by atoms with Crippen molar-refractivity contribution in [3.8, 4) is 0 Å². The maximum Gasteiger partial charge on any atom is 0.345 e. The summed E-state index contributed by atoms with van der Waals surface area (Å²) >= 11 is 0. The Bertz CT molecular complexity index is 69.3. The Labute approximate surface area is 59.8 Å². The maximum atomic E-state index is 2.39. The van der Waals surface area contributed by atoms with Crippen LogP contribution in [0.15, 0.2) is 0 Å². The zero-order chi connectivity index (χ0) is 7.28. The van der Waals surface area contributed by atoms with Gasteiger partial charge in [-0.2, -0.15) is 0 Å². The van der Waals surface area contributed by atoms with E-state index in [1.165, 1.54) is 0 Å². The molecule has 0 aromatic rings. The lowest BCUT2D eigenvalue weighted by Crippen LogP contribution is -3.36. The minimum Gasteiger partial charge on any atom is -0.694 e. The van der Waals surface area contributed by atoms with Crippen LogP contribution < -0.4 is 14.7 Å². The number of hydrogen-bond donors (Lipinski definition) is 3. The van der Waals surface area contributed by atoms with E-state index in [1.807, 2.05) is 9.44 Å². The number of rotatable bonds is 4. The first-order chi connectivity index (χ1) is 4.16. The molecule has 0 fully saturated rings. The van der Waals surface area contributed by atoms with Crippen molar-refractivity contribution in [1.82, 2.24) is 0 Å². The van der Waals surface area contributed by atoms with Crippen molar-refractivity contribution in [3.05, 3.63) is 0 Å². The summed E-state index contributed by atoms with van der Waals surface area (Å²) in [5.41, 5.74) is 0. The normalized spacial score (nSPS) is 17.3. The highest BCUT2D eigenvalue weighted by molar-refractivity contribution is 6.30. The number of quaternary nitrogens is 3. The molecule has 2 atom stereocenters. The van der Waals surface area contributed by atoms with Crippen LogP contribution in [0.25, 0.3) is 0 Å². The highest BCUT2D eigenvalue weighted by Crippen LogP contribution is 1.08. The zero-order valence-corrected chi connectivity index (χ0v) is 6.58. The Balaban J connectivity index is 3.15. The van der Waals surface area contributed by atoms with Crippen LogP contribution in [0.4, 0.5) is 0 Å². The van der Waals surface area contributed by atoms with Gasteiger partial charge in [0.25, 0.3) is 0 Å². The molecule has 0 aliphatic rings. The Morgan fingerprint density at radius 2 is 2.00 bits per heavy atom. The molecule has 56 valence electrons. The third-order valence-electron chi connectivity index (χ3n) is 1.62. The first kappa shape index (κ1) is 9.07. The van der Waals surface area contributed by atoms with Crippen LogP contribution in [0.1, 0.15) is 0 Å². The van der Waals surface area contributed by atoms with Gasteiger partial charge < -0.3 is 14.7 Å². The predicted molar refractivity (Wildman–Crippen MR) is 48.6 cm³/mol. The van der Waals surface area contributed by atoms with E-state index in [-0.39, 0.29) is 7.55 Å². The van der Waals surface area contributed by atoms with E-state index in [9.17, 15) is 0 Å². The molecule has 0 radical (unpaired) electrons. The van der Waals surface area contributed by atoms with E-state index in [0.717, 1.165) is 0 Å². The van der Waals surface area contributed by atoms with Crippen LogP contribution in [0.5, 0.6) is 0 Å². The Morgan fingerprint density at radius 1 is 1.44 bits per heavy atom. The summed E-state index contributed by atoms with van der Waals surface area (Å²) in [6, 6.07) is 0. The van der Waals surface area contributed by atoms with Crippen LogP contribution in [0.3, 0.4) is 0 Å². The molecular formula is C3H20B3N3. The molecule has 4 N–H and O–H groups in total. The summed E-state index contributed by atoms with van der Waals surface area (Å²) in [5.74, 6) is 0. The van der Waals surface area contributed by atoms with Crippen molar-refractivity contribution in [2.75, 3.05) is 21.1 Å². The van der Waals surface area contributed by atoms with Gasteiger partial charge >= 0.3 is 15.1 Å². The highest BCUT2D eigenvalue weighted by atomic mass is 15.1. The third-order valence-corrected chi connectivity index (χ3v) is 1.62. The van der Waals surface area contributed by atoms with Crippen LogP contribution in [-0.2, 0) is 0 Å². The van der Waals surface area contributed by atoms with Crippen LogP contribution in [0.2, 0.25) is 0 Å². The highest BCUT2D eigenvalue weighted by Gasteiger charge is 1.91. The van der Waals surface area contributed by atoms with Crippen molar-refractivity contribution in [2.24, 2.45) is 0 Å². The predicted octanol–water partition coefficient (Wildman–Crippen LogP) is -7.51. The minimum absolute atomic E-state index is 0.279. The van der Waals surface area contributed by atoms with Crippen molar-refractivity contribution in [2.45, 2.75) is 0 Å². The first-order valence-corrected chi connectivity index (χ1v) is 3.65. The Kier molecular flexibility index (Phi) is 4.95. The van der Waals surface area contributed by atoms with Gasteiger partial charge in [-0.25, -0.2) is 0 Å². The SMILES string of the molecule is [BH3-][NH+](C)[BH2-][NH+](C)[BH2-][NH2+]C. The third kappa shape index (κ3) is 5.95. The summed E-state index contributed by atoms with van der Waals surface area (Å²) in [7, 11) is 8.15. The lowest BCUT2D eigenvalue weighted by atomic mass is 9.92. The van der Waals surface area contributed by atoms with Gasteiger partial charge in [-0.1, -0.05) is 0 Å². The smallest absolute Gasteiger partial charge is 0.345 e. The summed E-state index contributed by atoms with van der Waals surface area (Å²) in [6.07, 6.45) is 0. The molecule has 0 heterocycles. The van der Waals surface area contributed by atoms with E-state index in [4.69, 9.17) is 0 Å². The molecule has 0 aromatic carbocycles. The zero-order valence-electron chi connectivity index (χ0n) is 6.58. The van der Waals surface area contributed by atoms with Gasteiger partial charge in [0.2, 0.25) is 0 Å². The summed E-state index contributed by atoms with van der Waals surface area (Å²) in [6.45, 7) is 0. The molecule has 0 bridgehead atoms. The molecule has 0 spiro atoms. The fraction of sp³-hybridized carbons (Fsp3) is 1.00. The summed E-state index contributed by atoms with van der Waals surface area (Å²) in [4.78, 5) is 0. The second-order valence-electron chi connectivity index (χ2n) is 3.12. The first-order valence-electron chi connectivity index (χ1n) is 3.65. The Hall–Kier alpha value is 0.0748. The fourth-order valence-electron chi connectivity index (χ4n) is 1.22. The quantitative estimate of drug-likeness (QED) is 0.316. The molecule has 6 heteroatoms. The Morgan fingerprint density at radius 3 is 2.33 bits per heavy atom. The summed E-state index contributed by atoms with van der Waals surface area (Å²) < 4.78 is 3.79. The lowest BCUT2D eigenvalue weighted by Gasteiger charge is -2.32. The van der Waals surface area contributed by atoms with Crippen molar-refractivity contribution in [3.63, 3.8) is 0 Å². The maximum absolute atomic E-state index is 2.39. The molecular weight excluding hydrogens is 110 g/mol. The van der Waals surface area contributed by atoms with Gasteiger partial charge in [-0.15, -0.1) is 0 Å². The van der Waals surface area contributed by atoms with Gasteiger partial charge in [0.1, 0.15) is 7.98 Å². The molecule has 0 amide bonds. The molecule has 0 rings (SSSR count).